The van der Waals surface area contributed by atoms with E-state index in [-0.39, 0.29) is 13.0 Å². The predicted octanol–water partition coefficient (Wildman–Crippen LogP) is 1.08. The van der Waals surface area contributed by atoms with Crippen molar-refractivity contribution in [1.82, 2.24) is 9.55 Å². The number of aliphatic carboxylic acids is 1. The standard InChI is InChI=1S/C14H12N2O5/c17-12(18)6-8-16-11(10-3-1-2-7-15-10)5-4-9(13(16)19)14(20)21/h1-5,7H,6,8H2,(H,17,18)(H,20,21). The van der Waals surface area contributed by atoms with E-state index in [1.807, 2.05) is 0 Å². The predicted molar refractivity (Wildman–Crippen MR) is 73.1 cm³/mol. The number of pyridine rings is 2. The van der Waals surface area contributed by atoms with Crippen molar-refractivity contribution in [1.29, 1.82) is 0 Å². The molecule has 0 unspecified atom stereocenters. The summed E-state index contributed by atoms with van der Waals surface area (Å²) in [6.45, 7) is -0.124. The summed E-state index contributed by atoms with van der Waals surface area (Å²) in [6, 6.07) is 7.74. The Bertz CT molecular complexity index is 737. The van der Waals surface area contributed by atoms with Crippen LogP contribution >= 0.6 is 0 Å². The lowest BCUT2D eigenvalue weighted by Crippen LogP contribution is -2.28. The van der Waals surface area contributed by atoms with Crippen molar-refractivity contribution in [2.24, 2.45) is 0 Å². The van der Waals surface area contributed by atoms with Gasteiger partial charge in [-0.25, -0.2) is 4.79 Å². The number of carbonyl (C=O) groups is 2. The molecule has 7 nitrogen and oxygen atoms in total. The Labute approximate surface area is 119 Å². The van der Waals surface area contributed by atoms with Crippen LogP contribution in [-0.2, 0) is 11.3 Å². The van der Waals surface area contributed by atoms with Gasteiger partial charge in [0.2, 0.25) is 0 Å². The Morgan fingerprint density at radius 3 is 2.48 bits per heavy atom. The highest BCUT2D eigenvalue weighted by Crippen LogP contribution is 2.15. The van der Waals surface area contributed by atoms with Gasteiger partial charge in [-0.2, -0.15) is 0 Å². The lowest BCUT2D eigenvalue weighted by molar-refractivity contribution is -0.137. The van der Waals surface area contributed by atoms with Crippen molar-refractivity contribution in [3.05, 3.63) is 52.4 Å². The van der Waals surface area contributed by atoms with Crippen molar-refractivity contribution in [2.45, 2.75) is 13.0 Å². The molecule has 0 aromatic carbocycles. The normalized spacial score (nSPS) is 10.3. The molecule has 0 aliphatic rings. The summed E-state index contributed by atoms with van der Waals surface area (Å²) in [7, 11) is 0. The van der Waals surface area contributed by atoms with Gasteiger partial charge in [0, 0.05) is 12.7 Å². The molecule has 2 aromatic rings. The van der Waals surface area contributed by atoms with Crippen molar-refractivity contribution in [3.8, 4) is 11.4 Å². The molecular weight excluding hydrogens is 276 g/mol. The van der Waals surface area contributed by atoms with E-state index in [9.17, 15) is 14.4 Å². The highest BCUT2D eigenvalue weighted by atomic mass is 16.4. The summed E-state index contributed by atoms with van der Waals surface area (Å²) in [5.74, 6) is -2.42. The number of carboxylic acid groups (broad SMARTS) is 2. The summed E-state index contributed by atoms with van der Waals surface area (Å²) in [6.07, 6.45) is 1.25. The van der Waals surface area contributed by atoms with Crippen molar-refractivity contribution in [2.75, 3.05) is 0 Å². The fourth-order valence-electron chi connectivity index (χ4n) is 1.91. The van der Waals surface area contributed by atoms with Gasteiger partial charge in [-0.1, -0.05) is 6.07 Å². The maximum absolute atomic E-state index is 12.2. The van der Waals surface area contributed by atoms with Crippen LogP contribution in [0.1, 0.15) is 16.8 Å². The second-order valence-corrected chi connectivity index (χ2v) is 4.25. The fourth-order valence-corrected chi connectivity index (χ4v) is 1.91. The molecule has 0 amide bonds. The van der Waals surface area contributed by atoms with Gasteiger partial charge in [0.25, 0.3) is 5.56 Å². The Hall–Kier alpha value is -2.96. The summed E-state index contributed by atoms with van der Waals surface area (Å²) >= 11 is 0. The number of aromatic nitrogens is 2. The third-order valence-corrected chi connectivity index (χ3v) is 2.88. The summed E-state index contributed by atoms with van der Waals surface area (Å²) in [5, 5.41) is 17.7. The summed E-state index contributed by atoms with van der Waals surface area (Å²) in [5.41, 5.74) is -0.296. The highest BCUT2D eigenvalue weighted by Gasteiger charge is 2.16. The number of rotatable bonds is 5. The number of hydrogen-bond acceptors (Lipinski definition) is 4. The van der Waals surface area contributed by atoms with Crippen molar-refractivity contribution >= 4 is 11.9 Å². The Morgan fingerprint density at radius 2 is 1.90 bits per heavy atom. The van der Waals surface area contributed by atoms with Crippen LogP contribution in [0.15, 0.2) is 41.3 Å². The zero-order chi connectivity index (χ0) is 15.4. The van der Waals surface area contributed by atoms with E-state index in [2.05, 4.69) is 4.98 Å². The SMILES string of the molecule is O=C(O)CCn1c(-c2ccccn2)ccc(C(=O)O)c1=O. The summed E-state index contributed by atoms with van der Waals surface area (Å²) in [4.78, 5) is 38.0. The Balaban J connectivity index is 2.59. The molecular formula is C14H12N2O5. The van der Waals surface area contributed by atoms with Gasteiger partial charge in [-0.15, -0.1) is 0 Å². The lowest BCUT2D eigenvalue weighted by atomic mass is 10.2. The minimum atomic E-state index is -1.35. The van der Waals surface area contributed by atoms with Gasteiger partial charge in [0.15, 0.2) is 0 Å². The first-order valence-corrected chi connectivity index (χ1v) is 6.11. The zero-order valence-corrected chi connectivity index (χ0v) is 10.9. The molecule has 2 aromatic heterocycles. The quantitative estimate of drug-likeness (QED) is 0.852. The molecule has 0 aliphatic carbocycles. The first-order chi connectivity index (χ1) is 10.0. The number of aromatic carboxylic acids is 1. The molecule has 2 heterocycles. The molecule has 108 valence electrons. The molecule has 0 bridgehead atoms. The molecule has 2 rings (SSSR count). The van der Waals surface area contributed by atoms with Crippen LogP contribution in [0.2, 0.25) is 0 Å². The average Bonchev–Trinajstić information content (AvgIpc) is 2.46. The van der Waals surface area contributed by atoms with Gasteiger partial charge in [-0.05, 0) is 24.3 Å². The molecule has 0 fully saturated rings. The Kier molecular flexibility index (Phi) is 4.13. The molecule has 7 heteroatoms. The first kappa shape index (κ1) is 14.4. The average molecular weight is 288 g/mol. The maximum Gasteiger partial charge on any atom is 0.341 e. The van der Waals surface area contributed by atoms with Gasteiger partial charge < -0.3 is 14.8 Å². The van der Waals surface area contributed by atoms with Gasteiger partial charge in [0.1, 0.15) is 5.56 Å². The number of nitrogens with zero attached hydrogens (tertiary/aromatic N) is 2. The van der Waals surface area contributed by atoms with Crippen LogP contribution in [0, 0.1) is 0 Å². The van der Waals surface area contributed by atoms with Gasteiger partial charge in [0.05, 0.1) is 17.8 Å². The van der Waals surface area contributed by atoms with E-state index < -0.39 is 23.1 Å². The second-order valence-electron chi connectivity index (χ2n) is 4.25. The second kappa shape index (κ2) is 6.00. The molecule has 0 radical (unpaired) electrons. The van der Waals surface area contributed by atoms with Gasteiger partial charge >= 0.3 is 11.9 Å². The van der Waals surface area contributed by atoms with E-state index in [1.165, 1.54) is 18.3 Å². The third kappa shape index (κ3) is 3.14. The lowest BCUT2D eigenvalue weighted by Gasteiger charge is -2.12. The van der Waals surface area contributed by atoms with Crippen LogP contribution in [0.4, 0.5) is 0 Å². The first-order valence-electron chi connectivity index (χ1n) is 6.11. The molecule has 0 spiro atoms. The van der Waals surface area contributed by atoms with E-state index in [1.54, 1.807) is 18.2 Å². The number of hydrogen-bond donors (Lipinski definition) is 2. The van der Waals surface area contributed by atoms with Crippen LogP contribution in [0.5, 0.6) is 0 Å². The topological polar surface area (TPSA) is 109 Å². The summed E-state index contributed by atoms with van der Waals surface area (Å²) < 4.78 is 1.12. The molecule has 0 aliphatic heterocycles. The van der Waals surface area contributed by atoms with E-state index in [0.717, 1.165) is 4.57 Å². The van der Waals surface area contributed by atoms with E-state index in [0.29, 0.717) is 11.4 Å². The van der Waals surface area contributed by atoms with Crippen molar-refractivity contribution < 1.29 is 19.8 Å². The molecule has 2 N–H and O–H groups in total. The molecule has 0 saturated heterocycles. The van der Waals surface area contributed by atoms with Crippen LogP contribution in [0.25, 0.3) is 11.4 Å². The molecule has 0 saturated carbocycles. The van der Waals surface area contributed by atoms with Crippen LogP contribution in [0.3, 0.4) is 0 Å². The Morgan fingerprint density at radius 1 is 1.14 bits per heavy atom. The van der Waals surface area contributed by atoms with Crippen LogP contribution < -0.4 is 5.56 Å². The fraction of sp³-hybridized carbons (Fsp3) is 0.143. The van der Waals surface area contributed by atoms with Crippen LogP contribution in [-0.4, -0.2) is 31.7 Å². The van der Waals surface area contributed by atoms with Crippen molar-refractivity contribution in [3.63, 3.8) is 0 Å². The number of carboxylic acids is 2. The largest absolute Gasteiger partial charge is 0.481 e. The molecule has 21 heavy (non-hydrogen) atoms. The van der Waals surface area contributed by atoms with E-state index in [4.69, 9.17) is 10.2 Å². The minimum absolute atomic E-state index is 0.124. The maximum atomic E-state index is 12.2. The molecule has 0 atom stereocenters. The van der Waals surface area contributed by atoms with Gasteiger partial charge in [-0.3, -0.25) is 14.6 Å². The van der Waals surface area contributed by atoms with E-state index >= 15 is 0 Å². The highest BCUT2D eigenvalue weighted by molar-refractivity contribution is 5.87. The zero-order valence-electron chi connectivity index (χ0n) is 10.9. The third-order valence-electron chi connectivity index (χ3n) is 2.88. The smallest absolute Gasteiger partial charge is 0.341 e. The minimum Gasteiger partial charge on any atom is -0.481 e. The monoisotopic (exact) mass is 288 g/mol.